The lowest BCUT2D eigenvalue weighted by Crippen LogP contribution is -2.45. The van der Waals surface area contributed by atoms with E-state index in [0.717, 1.165) is 19.3 Å². The van der Waals surface area contributed by atoms with Gasteiger partial charge in [0.05, 0.1) is 6.54 Å². The summed E-state index contributed by atoms with van der Waals surface area (Å²) < 4.78 is 11.5. The van der Waals surface area contributed by atoms with Gasteiger partial charge in [0.1, 0.15) is 6.61 Å². The molecule has 0 radical (unpaired) electrons. The van der Waals surface area contributed by atoms with Gasteiger partial charge in [0.15, 0.2) is 17.6 Å². The van der Waals surface area contributed by atoms with Crippen LogP contribution in [0.25, 0.3) is 0 Å². The number of benzene rings is 2. The molecule has 6 heteroatoms. The molecular formula is C21H22N2O4. The van der Waals surface area contributed by atoms with Crippen molar-refractivity contribution >= 4 is 17.5 Å². The molecule has 2 aromatic carbocycles. The van der Waals surface area contributed by atoms with Crippen LogP contribution in [-0.4, -0.2) is 43.0 Å². The van der Waals surface area contributed by atoms with Gasteiger partial charge in [0.2, 0.25) is 0 Å². The molecule has 0 unspecified atom stereocenters. The summed E-state index contributed by atoms with van der Waals surface area (Å²) in [6, 6.07) is 13.2. The molecule has 1 N–H and O–H groups in total. The first-order chi connectivity index (χ1) is 13.1. The van der Waals surface area contributed by atoms with E-state index in [9.17, 15) is 9.59 Å². The average Bonchev–Trinajstić information content (AvgIpc) is 3.15. The first kappa shape index (κ1) is 17.4. The number of amides is 2. The van der Waals surface area contributed by atoms with Gasteiger partial charge < -0.3 is 19.7 Å². The minimum absolute atomic E-state index is 0.269. The third-order valence-corrected chi connectivity index (χ3v) is 4.94. The maximum atomic E-state index is 12.4. The van der Waals surface area contributed by atoms with Gasteiger partial charge in [-0.05, 0) is 54.7 Å². The van der Waals surface area contributed by atoms with E-state index in [1.54, 1.807) is 7.05 Å². The quantitative estimate of drug-likeness (QED) is 0.847. The fourth-order valence-corrected chi connectivity index (χ4v) is 3.55. The maximum Gasteiger partial charge on any atom is 0.313 e. The Hall–Kier alpha value is -3.02. The van der Waals surface area contributed by atoms with E-state index in [4.69, 9.17) is 9.47 Å². The van der Waals surface area contributed by atoms with Crippen molar-refractivity contribution in [1.82, 2.24) is 4.90 Å². The zero-order chi connectivity index (χ0) is 18.8. The van der Waals surface area contributed by atoms with Crippen molar-refractivity contribution in [1.29, 1.82) is 0 Å². The molecule has 2 aliphatic rings. The van der Waals surface area contributed by atoms with E-state index >= 15 is 0 Å². The molecule has 1 aliphatic carbocycles. The van der Waals surface area contributed by atoms with Gasteiger partial charge >= 0.3 is 11.8 Å². The lowest BCUT2D eigenvalue weighted by Gasteiger charge is -2.29. The van der Waals surface area contributed by atoms with Gasteiger partial charge in [-0.15, -0.1) is 0 Å². The molecule has 0 bridgehead atoms. The summed E-state index contributed by atoms with van der Waals surface area (Å²) in [6.07, 6.45) is 2.92. The molecule has 0 saturated heterocycles. The van der Waals surface area contributed by atoms with E-state index in [2.05, 4.69) is 5.32 Å². The Kier molecular flexibility index (Phi) is 4.71. The molecule has 1 heterocycles. The number of para-hydroxylation sites is 2. The first-order valence-electron chi connectivity index (χ1n) is 9.17. The van der Waals surface area contributed by atoms with Crippen LogP contribution in [0.4, 0.5) is 5.69 Å². The first-order valence-corrected chi connectivity index (χ1v) is 9.17. The van der Waals surface area contributed by atoms with Crippen molar-refractivity contribution in [3.05, 3.63) is 53.6 Å². The van der Waals surface area contributed by atoms with Crippen molar-refractivity contribution in [2.45, 2.75) is 25.4 Å². The molecule has 6 nitrogen and oxygen atoms in total. The Bertz CT molecular complexity index is 880. The molecule has 1 aliphatic heterocycles. The molecule has 0 aromatic heterocycles. The molecule has 0 fully saturated rings. The normalized spacial score (nSPS) is 17.1. The van der Waals surface area contributed by atoms with Gasteiger partial charge in [-0.1, -0.05) is 18.2 Å². The number of hydrogen-bond donors (Lipinski definition) is 1. The number of likely N-dealkylation sites (N-methyl/N-ethyl adjacent to an activating group) is 1. The number of anilines is 1. The Balaban J connectivity index is 1.34. The number of hydrogen-bond acceptors (Lipinski definition) is 4. The minimum atomic E-state index is -0.646. The topological polar surface area (TPSA) is 67.9 Å². The molecule has 1 atom stereocenters. The average molecular weight is 366 g/mol. The molecule has 0 saturated carbocycles. The van der Waals surface area contributed by atoms with Gasteiger partial charge in [-0.2, -0.15) is 0 Å². The highest BCUT2D eigenvalue weighted by atomic mass is 16.6. The predicted octanol–water partition coefficient (Wildman–Crippen LogP) is 2.41. The number of carbonyl (C=O) groups excluding carboxylic acids is 2. The molecule has 2 aromatic rings. The summed E-state index contributed by atoms with van der Waals surface area (Å²) in [5.74, 6) is 0.0970. The van der Waals surface area contributed by atoms with Crippen LogP contribution in [0.1, 0.15) is 17.5 Å². The summed E-state index contributed by atoms with van der Waals surface area (Å²) in [5, 5.41) is 2.70. The standard InChI is InChI=1S/C21H22N2O4/c1-23(12-17-13-26-18-7-2-3-8-19(18)27-17)21(25)20(24)22-16-10-9-14-5-4-6-15(14)11-16/h2-3,7-11,17H,4-6,12-13H2,1H3,(H,22,24)/t17-/m1/s1. The van der Waals surface area contributed by atoms with Crippen LogP contribution in [0, 0.1) is 0 Å². The van der Waals surface area contributed by atoms with Crippen LogP contribution >= 0.6 is 0 Å². The third kappa shape index (κ3) is 3.74. The number of aryl methyl sites for hydroxylation is 2. The summed E-state index contributed by atoms with van der Waals surface area (Å²) in [4.78, 5) is 26.1. The van der Waals surface area contributed by atoms with E-state index in [1.165, 1.54) is 16.0 Å². The summed E-state index contributed by atoms with van der Waals surface area (Å²) in [6.45, 7) is 0.603. The van der Waals surface area contributed by atoms with Crippen LogP contribution in [0.3, 0.4) is 0 Å². The molecule has 140 valence electrons. The summed E-state index contributed by atoms with van der Waals surface area (Å²) in [7, 11) is 1.59. The monoisotopic (exact) mass is 366 g/mol. The highest BCUT2D eigenvalue weighted by Crippen LogP contribution is 2.31. The van der Waals surface area contributed by atoms with Crippen molar-refractivity contribution < 1.29 is 19.1 Å². The number of ether oxygens (including phenoxy) is 2. The second-order valence-corrected chi connectivity index (χ2v) is 6.97. The number of rotatable bonds is 3. The Morgan fingerprint density at radius 1 is 1.11 bits per heavy atom. The second kappa shape index (κ2) is 7.31. The zero-order valence-corrected chi connectivity index (χ0v) is 15.2. The number of nitrogens with zero attached hydrogens (tertiary/aromatic N) is 1. The van der Waals surface area contributed by atoms with Crippen LogP contribution in [-0.2, 0) is 22.4 Å². The highest BCUT2D eigenvalue weighted by Gasteiger charge is 2.26. The van der Waals surface area contributed by atoms with E-state index in [1.807, 2.05) is 42.5 Å². The van der Waals surface area contributed by atoms with Gasteiger partial charge in [0.25, 0.3) is 0 Å². The van der Waals surface area contributed by atoms with Crippen LogP contribution in [0.2, 0.25) is 0 Å². The van der Waals surface area contributed by atoms with Crippen LogP contribution < -0.4 is 14.8 Å². The molecule has 4 rings (SSSR count). The molecule has 2 amide bonds. The van der Waals surface area contributed by atoms with Crippen LogP contribution in [0.15, 0.2) is 42.5 Å². The van der Waals surface area contributed by atoms with E-state index in [0.29, 0.717) is 23.8 Å². The fraction of sp³-hybridized carbons (Fsp3) is 0.333. The largest absolute Gasteiger partial charge is 0.486 e. The van der Waals surface area contributed by atoms with E-state index < -0.39 is 11.8 Å². The number of carbonyl (C=O) groups is 2. The molecular weight excluding hydrogens is 344 g/mol. The van der Waals surface area contributed by atoms with Gasteiger partial charge in [-0.25, -0.2) is 0 Å². The lowest BCUT2D eigenvalue weighted by atomic mass is 10.1. The SMILES string of the molecule is CN(C[C@@H]1COc2ccccc2O1)C(=O)C(=O)Nc1ccc2c(c1)CCC2. The number of nitrogens with one attached hydrogen (secondary N) is 1. The fourth-order valence-electron chi connectivity index (χ4n) is 3.55. The van der Waals surface area contributed by atoms with Crippen molar-refractivity contribution in [3.8, 4) is 11.5 Å². The third-order valence-electron chi connectivity index (χ3n) is 4.94. The lowest BCUT2D eigenvalue weighted by molar-refractivity contribution is -0.143. The minimum Gasteiger partial charge on any atom is -0.486 e. The molecule has 27 heavy (non-hydrogen) atoms. The van der Waals surface area contributed by atoms with Crippen molar-refractivity contribution in [2.24, 2.45) is 0 Å². The van der Waals surface area contributed by atoms with Crippen molar-refractivity contribution in [3.63, 3.8) is 0 Å². The van der Waals surface area contributed by atoms with Crippen LogP contribution in [0.5, 0.6) is 11.5 Å². The number of fused-ring (bicyclic) bond motifs is 2. The Morgan fingerprint density at radius 2 is 1.89 bits per heavy atom. The van der Waals surface area contributed by atoms with Gasteiger partial charge in [0, 0.05) is 12.7 Å². The Labute approximate surface area is 158 Å². The highest BCUT2D eigenvalue weighted by molar-refractivity contribution is 6.39. The maximum absolute atomic E-state index is 12.4. The summed E-state index contributed by atoms with van der Waals surface area (Å²) >= 11 is 0. The predicted molar refractivity (Wildman–Crippen MR) is 101 cm³/mol. The molecule has 0 spiro atoms. The van der Waals surface area contributed by atoms with Gasteiger partial charge in [-0.3, -0.25) is 9.59 Å². The Morgan fingerprint density at radius 3 is 2.74 bits per heavy atom. The smallest absolute Gasteiger partial charge is 0.313 e. The second-order valence-electron chi connectivity index (χ2n) is 6.97. The van der Waals surface area contributed by atoms with E-state index in [-0.39, 0.29) is 12.6 Å². The summed E-state index contributed by atoms with van der Waals surface area (Å²) in [5.41, 5.74) is 3.24. The van der Waals surface area contributed by atoms with Crippen molar-refractivity contribution in [2.75, 3.05) is 25.5 Å². The zero-order valence-electron chi connectivity index (χ0n) is 15.2.